The molecule has 0 heterocycles. The number of hydrogen-bond acceptors (Lipinski definition) is 1. The molecule has 0 aromatic carbocycles. The minimum Gasteiger partial charge on any atom is -0.476 e. The van der Waals surface area contributed by atoms with Crippen LogP contribution in [0, 0.1) is 5.92 Å². The van der Waals surface area contributed by atoms with E-state index in [0.717, 1.165) is 18.9 Å². The summed E-state index contributed by atoms with van der Waals surface area (Å²) in [6, 6.07) is 0. The van der Waals surface area contributed by atoms with Gasteiger partial charge in [-0.25, -0.2) is 4.79 Å². The summed E-state index contributed by atoms with van der Waals surface area (Å²) >= 11 is 0. The molecule has 0 saturated heterocycles. The van der Waals surface area contributed by atoms with Crippen molar-refractivity contribution >= 4 is 5.97 Å². The lowest BCUT2D eigenvalue weighted by Gasteiger charge is -2.04. The number of allylic oxidation sites excluding steroid dienone is 1. The van der Waals surface area contributed by atoms with Gasteiger partial charge in [-0.3, -0.25) is 0 Å². The van der Waals surface area contributed by atoms with E-state index >= 15 is 0 Å². The first-order chi connectivity index (χ1) is 5.57. The van der Waals surface area contributed by atoms with Crippen molar-refractivity contribution in [3.05, 3.63) is 11.9 Å². The van der Waals surface area contributed by atoms with Gasteiger partial charge in [-0.15, -0.1) is 0 Å². The maximum atomic E-state index is 12.4. The van der Waals surface area contributed by atoms with E-state index in [-0.39, 0.29) is 0 Å². The van der Waals surface area contributed by atoms with Gasteiger partial charge in [0.2, 0.25) is 5.83 Å². The van der Waals surface area contributed by atoms with E-state index < -0.39 is 11.8 Å². The topological polar surface area (TPSA) is 37.3 Å². The van der Waals surface area contributed by atoms with E-state index in [9.17, 15) is 9.18 Å². The van der Waals surface area contributed by atoms with Crippen molar-refractivity contribution in [2.24, 2.45) is 5.92 Å². The molecule has 3 heteroatoms. The standard InChI is InChI=1S/C9H15FO2/c1-3-4-7(2)5-6-8(10)9(11)12/h6-7H,3-5H2,1-2H3,(H,11,12)/b8-6-/t7-/m1/s1. The Morgan fingerprint density at radius 3 is 2.67 bits per heavy atom. The first kappa shape index (κ1) is 11.1. The van der Waals surface area contributed by atoms with Crippen LogP contribution in [0.15, 0.2) is 11.9 Å². The zero-order valence-corrected chi connectivity index (χ0v) is 7.51. The average Bonchev–Trinajstić information content (AvgIpc) is 2.00. The van der Waals surface area contributed by atoms with Crippen LogP contribution in [0.2, 0.25) is 0 Å². The van der Waals surface area contributed by atoms with Crippen molar-refractivity contribution < 1.29 is 14.3 Å². The van der Waals surface area contributed by atoms with Gasteiger partial charge in [0.1, 0.15) is 0 Å². The number of hydrogen-bond donors (Lipinski definition) is 1. The Morgan fingerprint density at radius 1 is 1.67 bits per heavy atom. The molecule has 0 aliphatic carbocycles. The van der Waals surface area contributed by atoms with Crippen molar-refractivity contribution in [2.75, 3.05) is 0 Å². The fourth-order valence-electron chi connectivity index (χ4n) is 1.00. The van der Waals surface area contributed by atoms with Crippen molar-refractivity contribution in [2.45, 2.75) is 33.1 Å². The summed E-state index contributed by atoms with van der Waals surface area (Å²) in [5.41, 5.74) is 0. The molecular weight excluding hydrogens is 159 g/mol. The zero-order chi connectivity index (χ0) is 9.56. The maximum absolute atomic E-state index is 12.4. The Labute approximate surface area is 72.1 Å². The Morgan fingerprint density at radius 2 is 2.25 bits per heavy atom. The largest absolute Gasteiger partial charge is 0.476 e. The lowest BCUT2D eigenvalue weighted by molar-refractivity contribution is -0.134. The predicted molar refractivity (Wildman–Crippen MR) is 45.5 cm³/mol. The smallest absolute Gasteiger partial charge is 0.364 e. The molecule has 0 amide bonds. The fraction of sp³-hybridized carbons (Fsp3) is 0.667. The molecule has 0 fully saturated rings. The van der Waals surface area contributed by atoms with E-state index in [1.54, 1.807) is 0 Å². The lowest BCUT2D eigenvalue weighted by atomic mass is 10.0. The van der Waals surface area contributed by atoms with Crippen molar-refractivity contribution in [1.29, 1.82) is 0 Å². The summed E-state index contributed by atoms with van der Waals surface area (Å²) < 4.78 is 12.4. The SMILES string of the molecule is CCC[C@@H](C)C/C=C(\F)C(=O)O. The van der Waals surface area contributed by atoms with Gasteiger partial charge in [0.25, 0.3) is 0 Å². The van der Waals surface area contributed by atoms with Crippen LogP contribution in [0.1, 0.15) is 33.1 Å². The molecule has 0 bridgehead atoms. The van der Waals surface area contributed by atoms with Gasteiger partial charge >= 0.3 is 5.97 Å². The normalized spacial score (nSPS) is 14.4. The molecule has 0 spiro atoms. The molecule has 70 valence electrons. The summed E-state index contributed by atoms with van der Waals surface area (Å²) in [5.74, 6) is -2.16. The molecule has 0 aromatic rings. The number of aliphatic carboxylic acids is 1. The van der Waals surface area contributed by atoms with E-state index in [1.807, 2.05) is 13.8 Å². The van der Waals surface area contributed by atoms with Crippen LogP contribution in [0.25, 0.3) is 0 Å². The van der Waals surface area contributed by atoms with E-state index in [4.69, 9.17) is 5.11 Å². The molecule has 12 heavy (non-hydrogen) atoms. The van der Waals surface area contributed by atoms with E-state index in [1.165, 1.54) is 0 Å². The first-order valence-electron chi connectivity index (χ1n) is 4.16. The number of carbonyl (C=O) groups is 1. The third-order valence-corrected chi connectivity index (χ3v) is 1.69. The molecular formula is C9H15FO2. The minimum atomic E-state index is -1.47. The van der Waals surface area contributed by atoms with Crippen LogP contribution < -0.4 is 0 Å². The van der Waals surface area contributed by atoms with Crippen molar-refractivity contribution in [1.82, 2.24) is 0 Å². The Hall–Kier alpha value is -0.860. The summed E-state index contributed by atoms with van der Waals surface area (Å²) in [5, 5.41) is 8.18. The second-order valence-electron chi connectivity index (χ2n) is 2.99. The molecule has 0 radical (unpaired) electrons. The highest BCUT2D eigenvalue weighted by Gasteiger charge is 2.05. The minimum absolute atomic E-state index is 0.361. The number of rotatable bonds is 5. The summed E-state index contributed by atoms with van der Waals surface area (Å²) in [7, 11) is 0. The summed E-state index contributed by atoms with van der Waals surface area (Å²) in [6.45, 7) is 4.03. The van der Waals surface area contributed by atoms with Gasteiger partial charge in [-0.2, -0.15) is 4.39 Å². The van der Waals surface area contributed by atoms with Crippen LogP contribution in [0.3, 0.4) is 0 Å². The molecule has 0 aliphatic rings. The second kappa shape index (κ2) is 5.75. The quantitative estimate of drug-likeness (QED) is 0.651. The Balaban J connectivity index is 3.79. The molecule has 2 nitrogen and oxygen atoms in total. The first-order valence-corrected chi connectivity index (χ1v) is 4.16. The van der Waals surface area contributed by atoms with E-state index in [0.29, 0.717) is 12.3 Å². The van der Waals surface area contributed by atoms with Gasteiger partial charge < -0.3 is 5.11 Å². The second-order valence-corrected chi connectivity index (χ2v) is 2.99. The highest BCUT2D eigenvalue weighted by atomic mass is 19.1. The van der Waals surface area contributed by atoms with Crippen LogP contribution >= 0.6 is 0 Å². The zero-order valence-electron chi connectivity index (χ0n) is 7.51. The molecule has 0 rings (SSSR count). The van der Waals surface area contributed by atoms with Gasteiger partial charge in [0, 0.05) is 0 Å². The van der Waals surface area contributed by atoms with Crippen LogP contribution in [-0.2, 0) is 4.79 Å². The van der Waals surface area contributed by atoms with Gasteiger partial charge in [0.15, 0.2) is 0 Å². The van der Waals surface area contributed by atoms with Crippen LogP contribution in [-0.4, -0.2) is 11.1 Å². The van der Waals surface area contributed by atoms with Crippen LogP contribution in [0.5, 0.6) is 0 Å². The maximum Gasteiger partial charge on any atom is 0.364 e. The van der Waals surface area contributed by atoms with Crippen LogP contribution in [0.4, 0.5) is 4.39 Å². The Kier molecular flexibility index (Phi) is 5.34. The number of halogens is 1. The van der Waals surface area contributed by atoms with Crippen molar-refractivity contribution in [3.8, 4) is 0 Å². The Bertz CT molecular complexity index is 175. The molecule has 1 atom stereocenters. The third kappa shape index (κ3) is 4.88. The molecule has 0 aromatic heterocycles. The summed E-state index contributed by atoms with van der Waals surface area (Å²) in [4.78, 5) is 10.0. The van der Waals surface area contributed by atoms with Gasteiger partial charge in [0.05, 0.1) is 0 Å². The number of carboxylic acid groups (broad SMARTS) is 1. The fourth-order valence-corrected chi connectivity index (χ4v) is 1.00. The molecule has 1 N–H and O–H groups in total. The summed E-state index contributed by atoms with van der Waals surface area (Å²) in [6.07, 6.45) is 3.70. The third-order valence-electron chi connectivity index (χ3n) is 1.69. The predicted octanol–water partition coefficient (Wildman–Crippen LogP) is 2.75. The average molecular weight is 174 g/mol. The molecule has 0 saturated carbocycles. The highest BCUT2D eigenvalue weighted by molar-refractivity contribution is 5.83. The van der Waals surface area contributed by atoms with Gasteiger partial charge in [-0.1, -0.05) is 26.7 Å². The highest BCUT2D eigenvalue weighted by Crippen LogP contribution is 2.12. The number of carboxylic acids is 1. The lowest BCUT2D eigenvalue weighted by Crippen LogP contribution is -1.97. The van der Waals surface area contributed by atoms with E-state index in [2.05, 4.69) is 0 Å². The monoisotopic (exact) mass is 174 g/mol. The van der Waals surface area contributed by atoms with Gasteiger partial charge in [-0.05, 0) is 18.4 Å². The molecule has 0 aliphatic heterocycles. The van der Waals surface area contributed by atoms with Crippen molar-refractivity contribution in [3.63, 3.8) is 0 Å². The molecule has 0 unspecified atom stereocenters.